The molecule has 1 aliphatic heterocycles. The van der Waals surface area contributed by atoms with Crippen molar-refractivity contribution in [3.8, 4) is 33.4 Å². The predicted octanol–water partition coefficient (Wildman–Crippen LogP) is 12.5. The van der Waals surface area contributed by atoms with E-state index in [0.717, 1.165) is 22.5 Å². The minimum absolute atomic E-state index is 0.0305. The van der Waals surface area contributed by atoms with E-state index in [9.17, 15) is 0 Å². The van der Waals surface area contributed by atoms with Gasteiger partial charge in [-0.2, -0.15) is 0 Å². The summed E-state index contributed by atoms with van der Waals surface area (Å²) in [4.78, 5) is 0. The lowest BCUT2D eigenvalue weighted by molar-refractivity contribution is 0.454. The lowest BCUT2D eigenvalue weighted by Crippen LogP contribution is -2.40. The molecule has 0 bridgehead atoms. The van der Waals surface area contributed by atoms with Gasteiger partial charge in [-0.15, -0.1) is 0 Å². The fourth-order valence-electron chi connectivity index (χ4n) is 9.68. The first-order valence-electron chi connectivity index (χ1n) is 19.3. The van der Waals surface area contributed by atoms with Crippen LogP contribution in [0.25, 0.3) is 44.8 Å². The molecule has 2 atom stereocenters. The van der Waals surface area contributed by atoms with Crippen LogP contribution >= 0.6 is 0 Å². The van der Waals surface area contributed by atoms with Crippen molar-refractivity contribution < 1.29 is 0 Å². The van der Waals surface area contributed by atoms with Crippen LogP contribution in [0.1, 0.15) is 84.3 Å². The lowest BCUT2D eigenvalue weighted by Gasteiger charge is -2.39. The Bertz CT molecular complexity index is 2580. The Kier molecular flexibility index (Phi) is 7.36. The molecule has 10 rings (SSSR count). The van der Waals surface area contributed by atoms with Crippen LogP contribution in [-0.2, 0) is 10.8 Å². The van der Waals surface area contributed by atoms with Crippen LogP contribution in [0.5, 0.6) is 0 Å². The van der Waals surface area contributed by atoms with Crippen LogP contribution in [0.15, 0.2) is 170 Å². The van der Waals surface area contributed by atoms with Gasteiger partial charge in [0.15, 0.2) is 0 Å². The summed E-state index contributed by atoms with van der Waals surface area (Å²) in [7, 11) is 0. The van der Waals surface area contributed by atoms with Crippen molar-refractivity contribution in [3.05, 3.63) is 214 Å². The van der Waals surface area contributed by atoms with Crippen LogP contribution in [-0.4, -0.2) is 0 Å². The van der Waals surface area contributed by atoms with Gasteiger partial charge in [-0.1, -0.05) is 185 Å². The third-order valence-corrected chi connectivity index (χ3v) is 12.4. The van der Waals surface area contributed by atoms with Crippen LogP contribution in [0.3, 0.4) is 0 Å². The van der Waals surface area contributed by atoms with Gasteiger partial charge in [0.1, 0.15) is 0 Å². The molecule has 2 aliphatic carbocycles. The summed E-state index contributed by atoms with van der Waals surface area (Å²) in [5.41, 5.74) is 20.6. The summed E-state index contributed by atoms with van der Waals surface area (Å²) in [6.07, 6.45) is 0. The summed E-state index contributed by atoms with van der Waals surface area (Å²) >= 11 is 0. The molecule has 2 N–H and O–H groups in total. The second-order valence-corrected chi connectivity index (χ2v) is 16.2. The number of fused-ring (bicyclic) bond motifs is 6. The van der Waals surface area contributed by atoms with Crippen LogP contribution in [0.4, 0.5) is 0 Å². The van der Waals surface area contributed by atoms with Gasteiger partial charge in [0.25, 0.3) is 0 Å². The van der Waals surface area contributed by atoms with Gasteiger partial charge in [-0.25, -0.2) is 0 Å². The smallest absolute Gasteiger partial charge is 0.0758 e. The van der Waals surface area contributed by atoms with Gasteiger partial charge in [0.05, 0.1) is 23.5 Å². The largest absolute Gasteiger partial charge is 0.374 e. The molecular weight excluding hydrogens is 653 g/mol. The quantitative estimate of drug-likeness (QED) is 0.187. The molecule has 0 aromatic heterocycles. The molecule has 0 saturated carbocycles. The fraction of sp³-hybridized carbons (Fsp3) is 0.154. The monoisotopic (exact) mass is 696 g/mol. The zero-order valence-corrected chi connectivity index (χ0v) is 31.3. The molecule has 0 fully saturated rings. The molecule has 2 heteroatoms. The van der Waals surface area contributed by atoms with Gasteiger partial charge in [0, 0.05) is 10.8 Å². The van der Waals surface area contributed by atoms with Crippen molar-refractivity contribution >= 4 is 11.4 Å². The van der Waals surface area contributed by atoms with Gasteiger partial charge in [0.2, 0.25) is 0 Å². The number of nitrogens with one attached hydrogen (secondary N) is 2. The SMILES string of the molecule is CC1(C)c2ccccc2-c2cc3c(cc21)-c1cccc(-c2ccc(C4=C(c5ccccc5)NC(c5ccccc5)C(c5ccccc5)N4)cc2)c1C3(C)C. The minimum atomic E-state index is -0.149. The highest BCUT2D eigenvalue weighted by molar-refractivity contribution is 5.94. The normalized spacial score (nSPS) is 18.5. The summed E-state index contributed by atoms with van der Waals surface area (Å²) < 4.78 is 0. The highest BCUT2D eigenvalue weighted by atomic mass is 15.1. The first-order chi connectivity index (χ1) is 26.3. The van der Waals surface area contributed by atoms with E-state index < -0.39 is 0 Å². The Morgan fingerprint density at radius 1 is 0.352 bits per heavy atom. The molecule has 0 spiro atoms. The predicted molar refractivity (Wildman–Crippen MR) is 225 cm³/mol. The Morgan fingerprint density at radius 2 is 0.796 bits per heavy atom. The number of hydrogen-bond acceptors (Lipinski definition) is 2. The van der Waals surface area contributed by atoms with Gasteiger partial charge in [-0.3, -0.25) is 0 Å². The third kappa shape index (κ3) is 4.93. The first kappa shape index (κ1) is 32.5. The van der Waals surface area contributed by atoms with Crippen molar-refractivity contribution in [2.24, 2.45) is 0 Å². The van der Waals surface area contributed by atoms with Crippen molar-refractivity contribution in [1.82, 2.24) is 10.6 Å². The van der Waals surface area contributed by atoms with Crippen molar-refractivity contribution in [2.45, 2.75) is 50.6 Å². The molecule has 262 valence electrons. The lowest BCUT2D eigenvalue weighted by atomic mass is 9.77. The van der Waals surface area contributed by atoms with E-state index in [4.69, 9.17) is 0 Å². The summed E-state index contributed by atoms with van der Waals surface area (Å²) in [5, 5.41) is 8.09. The standard InChI is InChI=1S/C52H44N2/c1-51(2)43-26-15-14-23-39(43)41-31-45-42(32-44(41)51)40-25-16-24-38(46(40)52(45,3)4)33-27-29-37(30-28-33)50-49(36-21-12-7-13-22-36)53-47(34-17-8-5-9-18-34)48(54-50)35-19-10-6-11-20-35/h5-32,47-48,53-54H,1-4H3. The zero-order chi connectivity index (χ0) is 36.6. The van der Waals surface area contributed by atoms with E-state index in [1.165, 1.54) is 66.8 Å². The molecule has 2 unspecified atom stereocenters. The maximum absolute atomic E-state index is 4.06. The Morgan fingerprint density at radius 3 is 1.41 bits per heavy atom. The molecule has 2 nitrogen and oxygen atoms in total. The highest BCUT2D eigenvalue weighted by Crippen LogP contribution is 2.57. The maximum Gasteiger partial charge on any atom is 0.0758 e. The maximum atomic E-state index is 4.06. The van der Waals surface area contributed by atoms with Gasteiger partial charge < -0.3 is 10.6 Å². The average molecular weight is 697 g/mol. The minimum Gasteiger partial charge on any atom is -0.374 e. The van der Waals surface area contributed by atoms with E-state index in [2.05, 4.69) is 208 Å². The Balaban J connectivity index is 1.07. The second-order valence-electron chi connectivity index (χ2n) is 16.2. The molecule has 0 amide bonds. The summed E-state index contributed by atoms with van der Waals surface area (Å²) in [6, 6.07) is 62.6. The first-order valence-corrected chi connectivity index (χ1v) is 19.3. The third-order valence-electron chi connectivity index (χ3n) is 12.4. The van der Waals surface area contributed by atoms with E-state index in [0.29, 0.717) is 0 Å². The molecule has 7 aromatic carbocycles. The molecular formula is C52H44N2. The molecule has 0 saturated heterocycles. The van der Waals surface area contributed by atoms with Gasteiger partial charge >= 0.3 is 0 Å². The topological polar surface area (TPSA) is 24.1 Å². The molecule has 1 heterocycles. The Labute approximate surface area is 319 Å². The van der Waals surface area contributed by atoms with Crippen molar-refractivity contribution in [3.63, 3.8) is 0 Å². The Hall–Kier alpha value is -6.12. The molecule has 0 radical (unpaired) electrons. The fourth-order valence-corrected chi connectivity index (χ4v) is 9.68. The van der Waals surface area contributed by atoms with Crippen molar-refractivity contribution in [1.29, 1.82) is 0 Å². The highest BCUT2D eigenvalue weighted by Gasteiger charge is 2.42. The van der Waals surface area contributed by atoms with E-state index >= 15 is 0 Å². The van der Waals surface area contributed by atoms with Crippen LogP contribution < -0.4 is 10.6 Å². The number of rotatable bonds is 5. The number of benzene rings is 7. The van der Waals surface area contributed by atoms with E-state index in [1.54, 1.807) is 0 Å². The number of hydrogen-bond donors (Lipinski definition) is 2. The summed E-state index contributed by atoms with van der Waals surface area (Å²) in [6.45, 7) is 9.58. The van der Waals surface area contributed by atoms with Crippen LogP contribution in [0.2, 0.25) is 0 Å². The molecule has 54 heavy (non-hydrogen) atoms. The van der Waals surface area contributed by atoms with Crippen molar-refractivity contribution in [2.75, 3.05) is 0 Å². The summed E-state index contributed by atoms with van der Waals surface area (Å²) in [5.74, 6) is 0. The average Bonchev–Trinajstić information content (AvgIpc) is 3.60. The van der Waals surface area contributed by atoms with Crippen LogP contribution in [0, 0.1) is 0 Å². The van der Waals surface area contributed by atoms with Gasteiger partial charge in [-0.05, 0) is 90.0 Å². The van der Waals surface area contributed by atoms with E-state index in [1.807, 2.05) is 0 Å². The molecule has 3 aliphatic rings. The molecule has 7 aromatic rings. The van der Waals surface area contributed by atoms with E-state index in [-0.39, 0.29) is 22.9 Å². The zero-order valence-electron chi connectivity index (χ0n) is 31.3. The second kappa shape index (κ2) is 12.2.